The molecular formula is C16H29N. The molecule has 2 rings (SSSR count). The fraction of sp³-hybridized carbons (Fsp3) is 0.875. The first-order valence-corrected chi connectivity index (χ1v) is 7.46. The molecule has 1 fully saturated rings. The highest BCUT2D eigenvalue weighted by Crippen LogP contribution is 2.49. The molecule has 2 aliphatic carbocycles. The van der Waals surface area contributed by atoms with E-state index in [1.807, 2.05) is 0 Å². The molecule has 5 atom stereocenters. The van der Waals surface area contributed by atoms with Crippen LogP contribution >= 0.6 is 0 Å². The van der Waals surface area contributed by atoms with Crippen LogP contribution in [0.3, 0.4) is 0 Å². The van der Waals surface area contributed by atoms with Gasteiger partial charge in [0.15, 0.2) is 0 Å². The zero-order valence-corrected chi connectivity index (χ0v) is 12.0. The third-order valence-electron chi connectivity index (χ3n) is 5.58. The molecule has 0 radical (unpaired) electrons. The zero-order chi connectivity index (χ0) is 12.6. The number of hydrogen-bond donors (Lipinski definition) is 1. The van der Waals surface area contributed by atoms with Gasteiger partial charge in [-0.25, -0.2) is 0 Å². The summed E-state index contributed by atoms with van der Waals surface area (Å²) in [6.07, 6.45) is 8.98. The van der Waals surface area contributed by atoms with Gasteiger partial charge in [-0.05, 0) is 49.9 Å². The smallest absolute Gasteiger partial charge is 0.0404 e. The van der Waals surface area contributed by atoms with Crippen LogP contribution in [-0.4, -0.2) is 5.54 Å². The van der Waals surface area contributed by atoms with Crippen molar-refractivity contribution in [2.45, 2.75) is 65.3 Å². The number of allylic oxidation sites excluding steroid dienone is 1. The van der Waals surface area contributed by atoms with Gasteiger partial charge in [-0.2, -0.15) is 0 Å². The Labute approximate surface area is 107 Å². The summed E-state index contributed by atoms with van der Waals surface area (Å²) in [5.41, 5.74) is 8.40. The molecule has 17 heavy (non-hydrogen) atoms. The van der Waals surface area contributed by atoms with Crippen LogP contribution in [0.5, 0.6) is 0 Å². The van der Waals surface area contributed by atoms with Crippen molar-refractivity contribution in [1.29, 1.82) is 0 Å². The van der Waals surface area contributed by atoms with Crippen LogP contribution in [0.1, 0.15) is 59.8 Å². The molecule has 0 spiro atoms. The summed E-state index contributed by atoms with van der Waals surface area (Å²) in [6.45, 7) is 9.37. The Bertz CT molecular complexity index is 307. The van der Waals surface area contributed by atoms with Crippen molar-refractivity contribution in [3.8, 4) is 0 Å². The third-order valence-corrected chi connectivity index (χ3v) is 5.58. The molecule has 98 valence electrons. The second kappa shape index (κ2) is 4.76. The van der Waals surface area contributed by atoms with Crippen molar-refractivity contribution >= 4 is 0 Å². The molecule has 0 aromatic heterocycles. The van der Waals surface area contributed by atoms with Crippen molar-refractivity contribution < 1.29 is 0 Å². The molecule has 2 aliphatic rings. The highest BCUT2D eigenvalue weighted by Gasteiger charge is 2.48. The van der Waals surface area contributed by atoms with Gasteiger partial charge in [0.2, 0.25) is 0 Å². The number of fused-ring (bicyclic) bond motifs is 1. The van der Waals surface area contributed by atoms with Crippen LogP contribution in [0.2, 0.25) is 0 Å². The molecule has 1 unspecified atom stereocenters. The fourth-order valence-electron chi connectivity index (χ4n) is 4.35. The van der Waals surface area contributed by atoms with Gasteiger partial charge in [-0.1, -0.05) is 45.3 Å². The van der Waals surface area contributed by atoms with Gasteiger partial charge in [0, 0.05) is 5.54 Å². The predicted molar refractivity (Wildman–Crippen MR) is 74.7 cm³/mol. The van der Waals surface area contributed by atoms with Crippen LogP contribution in [0, 0.1) is 23.7 Å². The summed E-state index contributed by atoms with van der Waals surface area (Å²) in [5.74, 6) is 2.99. The number of hydrogen-bond acceptors (Lipinski definition) is 1. The van der Waals surface area contributed by atoms with Crippen LogP contribution in [0.15, 0.2) is 11.6 Å². The minimum absolute atomic E-state index is 0.00454. The predicted octanol–water partition coefficient (Wildman–Crippen LogP) is 4.13. The lowest BCUT2D eigenvalue weighted by molar-refractivity contribution is 0.0542. The normalized spacial score (nSPS) is 43.8. The zero-order valence-electron chi connectivity index (χ0n) is 12.0. The summed E-state index contributed by atoms with van der Waals surface area (Å²) >= 11 is 0. The molecule has 0 aromatic rings. The van der Waals surface area contributed by atoms with Gasteiger partial charge in [-0.15, -0.1) is 0 Å². The van der Waals surface area contributed by atoms with Crippen molar-refractivity contribution in [1.82, 2.24) is 0 Å². The average molecular weight is 235 g/mol. The van der Waals surface area contributed by atoms with Gasteiger partial charge in [0.05, 0.1) is 0 Å². The Morgan fingerprint density at radius 2 is 2.12 bits per heavy atom. The number of rotatable bonds is 2. The van der Waals surface area contributed by atoms with Crippen molar-refractivity contribution in [2.75, 3.05) is 0 Å². The van der Waals surface area contributed by atoms with E-state index in [0.29, 0.717) is 5.92 Å². The van der Waals surface area contributed by atoms with E-state index >= 15 is 0 Å². The highest BCUT2D eigenvalue weighted by atomic mass is 14.8. The van der Waals surface area contributed by atoms with Crippen LogP contribution < -0.4 is 5.73 Å². The second-order valence-electron chi connectivity index (χ2n) is 6.68. The Morgan fingerprint density at radius 1 is 1.41 bits per heavy atom. The lowest BCUT2D eigenvalue weighted by atomic mass is 9.55. The molecule has 0 bridgehead atoms. The average Bonchev–Trinajstić information content (AvgIpc) is 2.27. The largest absolute Gasteiger partial charge is 0.321 e. The quantitative estimate of drug-likeness (QED) is 0.715. The van der Waals surface area contributed by atoms with E-state index in [-0.39, 0.29) is 5.54 Å². The van der Waals surface area contributed by atoms with E-state index in [1.165, 1.54) is 37.7 Å². The van der Waals surface area contributed by atoms with Gasteiger partial charge in [0.25, 0.3) is 0 Å². The van der Waals surface area contributed by atoms with Crippen LogP contribution in [0.4, 0.5) is 0 Å². The highest BCUT2D eigenvalue weighted by molar-refractivity contribution is 5.22. The van der Waals surface area contributed by atoms with E-state index in [9.17, 15) is 0 Å². The lowest BCUT2D eigenvalue weighted by Gasteiger charge is -2.53. The third kappa shape index (κ3) is 2.19. The molecule has 1 nitrogen and oxygen atoms in total. The van der Waals surface area contributed by atoms with E-state index in [2.05, 4.69) is 33.8 Å². The van der Waals surface area contributed by atoms with E-state index in [1.54, 1.807) is 0 Å². The van der Waals surface area contributed by atoms with Gasteiger partial charge in [0.1, 0.15) is 0 Å². The molecule has 0 aromatic carbocycles. The summed E-state index contributed by atoms with van der Waals surface area (Å²) in [7, 11) is 0. The molecule has 1 saturated carbocycles. The first-order valence-electron chi connectivity index (χ1n) is 7.46. The molecule has 1 heteroatoms. The molecule has 0 amide bonds. The van der Waals surface area contributed by atoms with E-state index < -0.39 is 0 Å². The second-order valence-corrected chi connectivity index (χ2v) is 6.68. The summed E-state index contributed by atoms with van der Waals surface area (Å²) in [5, 5.41) is 0. The first-order chi connectivity index (χ1) is 7.99. The molecule has 0 saturated heterocycles. The maximum atomic E-state index is 6.89. The van der Waals surface area contributed by atoms with Crippen molar-refractivity contribution in [3.05, 3.63) is 11.6 Å². The van der Waals surface area contributed by atoms with Crippen LogP contribution in [0.25, 0.3) is 0 Å². The van der Waals surface area contributed by atoms with Gasteiger partial charge >= 0.3 is 0 Å². The van der Waals surface area contributed by atoms with Crippen molar-refractivity contribution in [2.24, 2.45) is 29.4 Å². The summed E-state index contributed by atoms with van der Waals surface area (Å²) < 4.78 is 0. The SMILES string of the molecule is CCC(C)[C@@H]1CC[C@@H](C)[C@@H]2CCC(C)=C[C@]12N. The lowest BCUT2D eigenvalue weighted by Crippen LogP contribution is -2.59. The van der Waals surface area contributed by atoms with Crippen molar-refractivity contribution in [3.63, 3.8) is 0 Å². The fourth-order valence-corrected chi connectivity index (χ4v) is 4.35. The maximum Gasteiger partial charge on any atom is 0.0404 e. The Morgan fingerprint density at radius 3 is 2.76 bits per heavy atom. The summed E-state index contributed by atoms with van der Waals surface area (Å²) in [6, 6.07) is 0. The molecular weight excluding hydrogens is 206 g/mol. The minimum Gasteiger partial charge on any atom is -0.321 e. The first kappa shape index (κ1) is 13.1. The van der Waals surface area contributed by atoms with E-state index in [4.69, 9.17) is 5.73 Å². The molecule has 2 N–H and O–H groups in total. The Kier molecular flexibility index (Phi) is 3.68. The summed E-state index contributed by atoms with van der Waals surface area (Å²) in [4.78, 5) is 0. The molecule has 0 heterocycles. The maximum absolute atomic E-state index is 6.89. The topological polar surface area (TPSA) is 26.0 Å². The Hall–Kier alpha value is -0.300. The minimum atomic E-state index is -0.00454. The van der Waals surface area contributed by atoms with E-state index in [0.717, 1.165) is 17.8 Å². The standard InChI is InChI=1S/C16H29N/c1-5-12(3)14-9-7-13(4)15-8-6-11(2)10-16(14,15)17/h10,12-15H,5-9,17H2,1-4H3/t12?,13-,14+,15+,16+/m1/s1. The Balaban J connectivity index is 2.33. The monoisotopic (exact) mass is 235 g/mol. The molecule has 0 aliphatic heterocycles. The van der Waals surface area contributed by atoms with Crippen LogP contribution in [-0.2, 0) is 0 Å². The number of nitrogens with two attached hydrogens (primary N) is 1. The van der Waals surface area contributed by atoms with Gasteiger partial charge < -0.3 is 5.73 Å². The van der Waals surface area contributed by atoms with Gasteiger partial charge in [-0.3, -0.25) is 0 Å².